The Morgan fingerprint density at radius 3 is 2.65 bits per heavy atom. The fourth-order valence-corrected chi connectivity index (χ4v) is 2.40. The molecule has 0 spiro atoms. The van der Waals surface area contributed by atoms with E-state index < -0.39 is 0 Å². The van der Waals surface area contributed by atoms with Gasteiger partial charge in [0.1, 0.15) is 0 Å². The third-order valence-corrected chi connectivity index (χ3v) is 3.34. The molecule has 0 amide bonds. The van der Waals surface area contributed by atoms with Crippen molar-refractivity contribution in [2.24, 2.45) is 5.92 Å². The first-order valence-electron chi connectivity index (χ1n) is 7.75. The van der Waals surface area contributed by atoms with Gasteiger partial charge in [0.25, 0.3) is 0 Å². The lowest BCUT2D eigenvalue weighted by molar-refractivity contribution is 0.662. The molecule has 0 aromatic carbocycles. The minimum Gasteiger partial charge on any atom is -0.257 e. The van der Waals surface area contributed by atoms with Crippen LogP contribution in [0.2, 0.25) is 0 Å². The lowest BCUT2D eigenvalue weighted by atomic mass is 9.83. The van der Waals surface area contributed by atoms with E-state index in [4.69, 9.17) is 0 Å². The van der Waals surface area contributed by atoms with E-state index in [9.17, 15) is 0 Å². The van der Waals surface area contributed by atoms with Crippen molar-refractivity contribution in [3.8, 4) is 0 Å². The Morgan fingerprint density at radius 1 is 1.20 bits per heavy atom. The van der Waals surface area contributed by atoms with Gasteiger partial charge in [-0.25, -0.2) is 0 Å². The standard InChI is InChI=1S/C17H21N.C2H6/c1-3-4-5-8-15-13-14(2)10-11-16(15)17-9-6-7-12-18-17;1-2/h4-7,9-12,15H,3,8,13H2,1-2H3;1-2H3. The Balaban J connectivity index is 0.000000956. The average Bonchev–Trinajstić information content (AvgIpc) is 2.51. The van der Waals surface area contributed by atoms with Crippen molar-refractivity contribution in [1.29, 1.82) is 0 Å². The van der Waals surface area contributed by atoms with Crippen molar-refractivity contribution in [2.75, 3.05) is 0 Å². The zero-order chi connectivity index (χ0) is 14.8. The molecule has 0 fully saturated rings. The lowest BCUT2D eigenvalue weighted by Gasteiger charge is -2.22. The van der Waals surface area contributed by atoms with Crippen LogP contribution in [0.3, 0.4) is 0 Å². The molecule has 0 bridgehead atoms. The van der Waals surface area contributed by atoms with Gasteiger partial charge in [0, 0.05) is 6.20 Å². The molecule has 0 radical (unpaired) electrons. The summed E-state index contributed by atoms with van der Waals surface area (Å²) in [5, 5.41) is 0. The van der Waals surface area contributed by atoms with Crippen LogP contribution < -0.4 is 0 Å². The smallest absolute Gasteiger partial charge is 0.0664 e. The molecule has 1 heterocycles. The Bertz CT molecular complexity index is 466. The highest BCUT2D eigenvalue weighted by Crippen LogP contribution is 2.33. The molecule has 1 atom stereocenters. The maximum atomic E-state index is 4.48. The van der Waals surface area contributed by atoms with Crippen molar-refractivity contribution < 1.29 is 0 Å². The Hall–Kier alpha value is -1.63. The molecule has 108 valence electrons. The second-order valence-corrected chi connectivity index (χ2v) is 4.87. The van der Waals surface area contributed by atoms with E-state index in [0.29, 0.717) is 5.92 Å². The van der Waals surface area contributed by atoms with Gasteiger partial charge in [0.2, 0.25) is 0 Å². The fraction of sp³-hybridized carbons (Fsp3) is 0.421. The zero-order valence-corrected chi connectivity index (χ0v) is 13.3. The van der Waals surface area contributed by atoms with Crippen molar-refractivity contribution in [2.45, 2.75) is 47.0 Å². The first-order valence-corrected chi connectivity index (χ1v) is 7.75. The highest BCUT2D eigenvalue weighted by atomic mass is 14.7. The summed E-state index contributed by atoms with van der Waals surface area (Å²) < 4.78 is 0. The van der Waals surface area contributed by atoms with Gasteiger partial charge in [-0.05, 0) is 49.8 Å². The van der Waals surface area contributed by atoms with Crippen molar-refractivity contribution in [3.63, 3.8) is 0 Å². The molecule has 1 nitrogen and oxygen atoms in total. The molecule has 2 rings (SSSR count). The predicted octanol–water partition coefficient (Wildman–Crippen LogP) is 5.81. The molecule has 0 aliphatic heterocycles. The molecule has 1 heteroatoms. The normalized spacial score (nSPS) is 18.1. The Morgan fingerprint density at radius 2 is 2.00 bits per heavy atom. The number of hydrogen-bond donors (Lipinski definition) is 0. The highest BCUT2D eigenvalue weighted by molar-refractivity contribution is 5.68. The van der Waals surface area contributed by atoms with Crippen molar-refractivity contribution in [3.05, 3.63) is 60.0 Å². The first kappa shape index (κ1) is 16.4. The average molecular weight is 269 g/mol. The van der Waals surface area contributed by atoms with Crippen LogP contribution in [0.15, 0.2) is 54.3 Å². The van der Waals surface area contributed by atoms with Crippen molar-refractivity contribution in [1.82, 2.24) is 4.98 Å². The summed E-state index contributed by atoms with van der Waals surface area (Å²) >= 11 is 0. The Labute approximate surface area is 124 Å². The van der Waals surface area contributed by atoms with E-state index in [0.717, 1.165) is 25.0 Å². The van der Waals surface area contributed by atoms with Gasteiger partial charge in [-0.15, -0.1) is 0 Å². The zero-order valence-electron chi connectivity index (χ0n) is 13.3. The summed E-state index contributed by atoms with van der Waals surface area (Å²) in [5.74, 6) is 0.577. The minimum absolute atomic E-state index is 0.577. The molecule has 0 N–H and O–H groups in total. The second kappa shape index (κ2) is 9.30. The summed E-state index contributed by atoms with van der Waals surface area (Å²) in [6.45, 7) is 8.39. The molecule has 1 aromatic rings. The third-order valence-electron chi connectivity index (χ3n) is 3.34. The number of rotatable bonds is 4. The summed E-state index contributed by atoms with van der Waals surface area (Å²) in [6, 6.07) is 6.14. The van der Waals surface area contributed by atoms with E-state index in [1.807, 2.05) is 26.1 Å². The molecule has 1 aliphatic rings. The van der Waals surface area contributed by atoms with Crippen LogP contribution >= 0.6 is 0 Å². The molecule has 1 aliphatic carbocycles. The highest BCUT2D eigenvalue weighted by Gasteiger charge is 2.18. The van der Waals surface area contributed by atoms with E-state index in [-0.39, 0.29) is 0 Å². The number of allylic oxidation sites excluding steroid dienone is 6. The molecule has 0 saturated carbocycles. The van der Waals surface area contributed by atoms with Gasteiger partial charge >= 0.3 is 0 Å². The molecular weight excluding hydrogens is 242 g/mol. The molecule has 1 aromatic heterocycles. The van der Waals surface area contributed by atoms with E-state index in [1.54, 1.807) is 0 Å². The Kier molecular flexibility index (Phi) is 7.64. The van der Waals surface area contributed by atoms with Gasteiger partial charge in [-0.1, -0.05) is 56.7 Å². The molecule has 20 heavy (non-hydrogen) atoms. The summed E-state index contributed by atoms with van der Waals surface area (Å²) in [5.41, 5.74) is 3.96. The van der Waals surface area contributed by atoms with Crippen LogP contribution in [0.25, 0.3) is 5.57 Å². The summed E-state index contributed by atoms with van der Waals surface area (Å²) in [7, 11) is 0. The second-order valence-electron chi connectivity index (χ2n) is 4.87. The van der Waals surface area contributed by atoms with Crippen LogP contribution in [0.1, 0.15) is 52.7 Å². The monoisotopic (exact) mass is 269 g/mol. The van der Waals surface area contributed by atoms with Gasteiger partial charge in [-0.2, -0.15) is 0 Å². The van der Waals surface area contributed by atoms with Gasteiger partial charge < -0.3 is 0 Å². The van der Waals surface area contributed by atoms with Gasteiger partial charge in [0.05, 0.1) is 5.69 Å². The maximum Gasteiger partial charge on any atom is 0.0664 e. The predicted molar refractivity (Wildman–Crippen MR) is 89.5 cm³/mol. The topological polar surface area (TPSA) is 12.9 Å². The van der Waals surface area contributed by atoms with Gasteiger partial charge in [0.15, 0.2) is 0 Å². The van der Waals surface area contributed by atoms with Crippen molar-refractivity contribution >= 4 is 5.57 Å². The first-order chi connectivity index (χ1) is 9.81. The van der Waals surface area contributed by atoms with Crippen LogP contribution in [0.5, 0.6) is 0 Å². The number of aromatic nitrogens is 1. The SMILES string of the molecule is CC.CCC=CCC1CC(C)=CC=C1c1ccccn1. The number of nitrogens with zero attached hydrogens (tertiary/aromatic N) is 1. The quantitative estimate of drug-likeness (QED) is 0.628. The lowest BCUT2D eigenvalue weighted by Crippen LogP contribution is -2.08. The van der Waals surface area contributed by atoms with Crippen LogP contribution in [0, 0.1) is 5.92 Å². The van der Waals surface area contributed by atoms with E-state index in [2.05, 4.69) is 55.3 Å². The molecular formula is C19H27N. The fourth-order valence-electron chi connectivity index (χ4n) is 2.40. The summed E-state index contributed by atoms with van der Waals surface area (Å²) in [6.07, 6.45) is 14.3. The van der Waals surface area contributed by atoms with Crippen LogP contribution in [-0.4, -0.2) is 4.98 Å². The molecule has 1 unspecified atom stereocenters. The van der Waals surface area contributed by atoms with E-state index in [1.165, 1.54) is 11.1 Å². The van der Waals surface area contributed by atoms with E-state index >= 15 is 0 Å². The number of pyridine rings is 1. The maximum absolute atomic E-state index is 4.48. The van der Waals surface area contributed by atoms with Gasteiger partial charge in [-0.3, -0.25) is 4.98 Å². The third kappa shape index (κ3) is 4.80. The molecule has 0 saturated heterocycles. The largest absolute Gasteiger partial charge is 0.257 e. The minimum atomic E-state index is 0.577. The van der Waals surface area contributed by atoms with Crippen LogP contribution in [-0.2, 0) is 0 Å². The number of hydrogen-bond acceptors (Lipinski definition) is 1. The summed E-state index contributed by atoms with van der Waals surface area (Å²) in [4.78, 5) is 4.48. The van der Waals surface area contributed by atoms with Crippen LogP contribution in [0.4, 0.5) is 0 Å².